The van der Waals surface area contributed by atoms with Gasteiger partial charge in [0.05, 0.1) is 11.0 Å². The number of rotatable bonds is 6. The number of nitrogens with zero attached hydrogens (tertiary/aromatic N) is 1. The van der Waals surface area contributed by atoms with E-state index in [0.29, 0.717) is 5.25 Å². The van der Waals surface area contributed by atoms with Gasteiger partial charge in [0.1, 0.15) is 0 Å². The van der Waals surface area contributed by atoms with Gasteiger partial charge in [-0.15, -0.1) is 11.8 Å². The third-order valence-corrected chi connectivity index (χ3v) is 12.8. The van der Waals surface area contributed by atoms with Gasteiger partial charge in [0, 0.05) is 38.5 Å². The number of fused-ring (bicyclic) bond motifs is 6. The van der Waals surface area contributed by atoms with Gasteiger partial charge in [-0.2, -0.15) is 0 Å². The lowest BCUT2D eigenvalue weighted by Gasteiger charge is -2.26. The number of aromatic nitrogens is 1. The largest absolute Gasteiger partial charge is 0.312 e. The van der Waals surface area contributed by atoms with E-state index in [4.69, 9.17) is 0 Å². The molecule has 1 nitrogen and oxygen atoms in total. The minimum atomic E-state index is 0.269. The van der Waals surface area contributed by atoms with Gasteiger partial charge in [0.15, 0.2) is 0 Å². The number of hydrogen-bond donors (Lipinski definition) is 0. The maximum absolute atomic E-state index is 2.54. The molecule has 1 aromatic heterocycles. The third-order valence-electron chi connectivity index (χ3n) is 11.5. The van der Waals surface area contributed by atoms with E-state index in [2.05, 4.69) is 200 Å². The second-order valence-corrected chi connectivity index (χ2v) is 15.7. The van der Waals surface area contributed by atoms with Crippen LogP contribution in [0.2, 0.25) is 0 Å². The third kappa shape index (κ3) is 5.40. The lowest BCUT2D eigenvalue weighted by atomic mass is 9.84. The molecule has 0 fully saturated rings. The number of allylic oxidation sites excluding steroid dienone is 3. The van der Waals surface area contributed by atoms with E-state index < -0.39 is 0 Å². The molecule has 0 amide bonds. The number of hydrogen-bond acceptors (Lipinski definition) is 1. The minimum Gasteiger partial charge on any atom is -0.312 e. The van der Waals surface area contributed by atoms with Crippen LogP contribution in [0.5, 0.6) is 0 Å². The molecule has 0 saturated heterocycles. The summed E-state index contributed by atoms with van der Waals surface area (Å²) in [6, 6.07) is 60.7. The predicted octanol–water partition coefficient (Wildman–Crippen LogP) is 13.9. The van der Waals surface area contributed by atoms with E-state index in [1.165, 1.54) is 88.0 Å². The van der Waals surface area contributed by atoms with Crippen molar-refractivity contribution in [2.75, 3.05) is 0 Å². The van der Waals surface area contributed by atoms with Crippen molar-refractivity contribution in [2.24, 2.45) is 0 Å². The van der Waals surface area contributed by atoms with Crippen LogP contribution in [0.1, 0.15) is 41.0 Å². The lowest BCUT2D eigenvalue weighted by Crippen LogP contribution is -2.16. The normalized spacial score (nSPS) is 16.8. The molecule has 0 radical (unpaired) electrons. The van der Waals surface area contributed by atoms with Gasteiger partial charge in [-0.1, -0.05) is 153 Å². The zero-order valence-corrected chi connectivity index (χ0v) is 30.7. The SMILES string of the molecule is Cc1ccccc1-c1cc(-c2ccc3c(c2)c2ccccc2n3C2=CC=CC3Sc4cc(-c5ccccc5)ccc4C23)ccc1C(C)c1ccccc1. The minimum absolute atomic E-state index is 0.269. The van der Waals surface area contributed by atoms with Gasteiger partial charge in [0.25, 0.3) is 0 Å². The van der Waals surface area contributed by atoms with Gasteiger partial charge >= 0.3 is 0 Å². The number of para-hydroxylation sites is 1. The van der Waals surface area contributed by atoms with Crippen LogP contribution in [0.15, 0.2) is 187 Å². The Balaban J connectivity index is 1.09. The fourth-order valence-electron chi connectivity index (χ4n) is 8.73. The van der Waals surface area contributed by atoms with Crippen molar-refractivity contribution < 1.29 is 0 Å². The molecule has 2 heteroatoms. The monoisotopic (exact) mass is 697 g/mol. The van der Waals surface area contributed by atoms with Crippen molar-refractivity contribution >= 4 is 39.3 Å². The molecule has 53 heavy (non-hydrogen) atoms. The Hall–Kier alpha value is -5.83. The molecule has 1 aliphatic heterocycles. The van der Waals surface area contributed by atoms with Crippen LogP contribution in [0, 0.1) is 6.92 Å². The number of thioether (sulfide) groups is 1. The second-order valence-electron chi connectivity index (χ2n) is 14.5. The molecule has 2 aliphatic rings. The Morgan fingerprint density at radius 1 is 0.566 bits per heavy atom. The second kappa shape index (κ2) is 13.0. The molecular weight excluding hydrogens is 659 g/mol. The van der Waals surface area contributed by atoms with Crippen LogP contribution in [0.25, 0.3) is 60.9 Å². The molecule has 7 aromatic carbocycles. The maximum Gasteiger partial charge on any atom is 0.0538 e. The first-order chi connectivity index (χ1) is 26.1. The molecule has 1 aliphatic carbocycles. The lowest BCUT2D eigenvalue weighted by molar-refractivity contribution is 0.854. The number of aryl methyl sites for hydroxylation is 1. The molecular formula is C51H39NS. The quantitative estimate of drug-likeness (QED) is 0.167. The summed E-state index contributed by atoms with van der Waals surface area (Å²) in [6.45, 7) is 4.55. The Kier molecular flexibility index (Phi) is 7.81. The van der Waals surface area contributed by atoms with Crippen molar-refractivity contribution in [1.29, 1.82) is 0 Å². The highest BCUT2D eigenvalue weighted by Crippen LogP contribution is 2.54. The van der Waals surface area contributed by atoms with Crippen molar-refractivity contribution in [3.63, 3.8) is 0 Å². The van der Waals surface area contributed by atoms with Gasteiger partial charge in [-0.25, -0.2) is 0 Å². The summed E-state index contributed by atoms with van der Waals surface area (Å²) in [5.41, 5.74) is 16.9. The average Bonchev–Trinajstić information content (AvgIpc) is 3.76. The summed E-state index contributed by atoms with van der Waals surface area (Å²) in [4.78, 5) is 1.39. The Bertz CT molecular complexity index is 2730. The van der Waals surface area contributed by atoms with Gasteiger partial charge in [0.2, 0.25) is 0 Å². The van der Waals surface area contributed by atoms with Crippen molar-refractivity contribution in [3.8, 4) is 33.4 Å². The van der Waals surface area contributed by atoms with Crippen LogP contribution in [0.3, 0.4) is 0 Å². The van der Waals surface area contributed by atoms with Crippen LogP contribution in [-0.4, -0.2) is 9.82 Å². The molecule has 8 aromatic rings. The highest BCUT2D eigenvalue weighted by molar-refractivity contribution is 8.00. The Labute approximate surface area is 316 Å². The van der Waals surface area contributed by atoms with E-state index in [-0.39, 0.29) is 11.8 Å². The van der Waals surface area contributed by atoms with E-state index in [1.807, 2.05) is 11.8 Å². The van der Waals surface area contributed by atoms with E-state index in [1.54, 1.807) is 0 Å². The molecule has 0 bridgehead atoms. The van der Waals surface area contributed by atoms with E-state index in [9.17, 15) is 0 Å². The van der Waals surface area contributed by atoms with Gasteiger partial charge < -0.3 is 4.57 Å². The van der Waals surface area contributed by atoms with Gasteiger partial charge in [-0.05, 0) is 99.0 Å². The number of benzene rings is 7. The molecule has 254 valence electrons. The smallest absolute Gasteiger partial charge is 0.0538 e. The van der Waals surface area contributed by atoms with Crippen molar-refractivity contribution in [2.45, 2.75) is 35.8 Å². The fourth-order valence-corrected chi connectivity index (χ4v) is 10.1. The highest BCUT2D eigenvalue weighted by atomic mass is 32.2. The summed E-state index contributed by atoms with van der Waals surface area (Å²) in [5.74, 6) is 0.546. The van der Waals surface area contributed by atoms with Crippen molar-refractivity contribution in [3.05, 3.63) is 204 Å². The standard InChI is InChI=1S/C51H39NS/c1-33-14-9-10-19-40(33)44-30-37(24-27-41(44)34(2)35-15-5-3-6-16-35)38-26-29-47-45(31-38)42-20-11-12-21-46(42)52(47)48-22-13-23-49-51(48)43-28-25-39(32-50(43)53-49)36-17-7-4-8-18-36/h3-32,34,49,51H,1-2H3. The highest BCUT2D eigenvalue weighted by Gasteiger charge is 2.37. The predicted molar refractivity (Wildman–Crippen MR) is 227 cm³/mol. The zero-order chi connectivity index (χ0) is 35.5. The molecule has 2 heterocycles. The van der Waals surface area contributed by atoms with E-state index in [0.717, 1.165) is 0 Å². The molecule has 3 atom stereocenters. The summed E-state index contributed by atoms with van der Waals surface area (Å²) in [7, 11) is 0. The van der Waals surface area contributed by atoms with Crippen LogP contribution < -0.4 is 0 Å². The zero-order valence-electron chi connectivity index (χ0n) is 29.9. The summed E-state index contributed by atoms with van der Waals surface area (Å²) < 4.78 is 2.54. The summed E-state index contributed by atoms with van der Waals surface area (Å²) >= 11 is 2.00. The topological polar surface area (TPSA) is 4.93 Å². The average molecular weight is 698 g/mol. The molecule has 0 N–H and O–H groups in total. The van der Waals surface area contributed by atoms with Crippen LogP contribution in [0.4, 0.5) is 0 Å². The molecule has 10 rings (SSSR count). The first-order valence-electron chi connectivity index (χ1n) is 18.7. The van der Waals surface area contributed by atoms with Crippen LogP contribution >= 0.6 is 11.8 Å². The summed E-state index contributed by atoms with van der Waals surface area (Å²) in [5, 5.41) is 2.94. The first kappa shape index (κ1) is 31.9. The first-order valence-corrected chi connectivity index (χ1v) is 19.5. The van der Waals surface area contributed by atoms with E-state index >= 15 is 0 Å². The van der Waals surface area contributed by atoms with Crippen molar-refractivity contribution in [1.82, 2.24) is 4.57 Å². The fraction of sp³-hybridized carbons (Fsp3) is 0.0980. The van der Waals surface area contributed by atoms with Gasteiger partial charge in [-0.3, -0.25) is 0 Å². The molecule has 0 saturated carbocycles. The maximum atomic E-state index is 2.54. The Morgan fingerprint density at radius 3 is 2.09 bits per heavy atom. The van der Waals surface area contributed by atoms with Crippen LogP contribution in [-0.2, 0) is 0 Å². The Morgan fingerprint density at radius 2 is 1.25 bits per heavy atom. The summed E-state index contributed by atoms with van der Waals surface area (Å²) in [6.07, 6.45) is 7.01. The molecule has 0 spiro atoms. The molecule has 3 unspecified atom stereocenters.